The smallest absolute Gasteiger partial charge is 0.310 e. The van der Waals surface area contributed by atoms with Gasteiger partial charge in [0.15, 0.2) is 0 Å². The molecule has 0 saturated carbocycles. The van der Waals surface area contributed by atoms with Crippen molar-refractivity contribution in [3.8, 4) is 0 Å². The Labute approximate surface area is 117 Å². The minimum atomic E-state index is -0.929. The Morgan fingerprint density at radius 1 is 1.41 bits per heavy atom. The number of aliphatic carboxylic acids is 1. The maximum absolute atomic E-state index is 11.9. The molecule has 0 bridgehead atoms. The maximum atomic E-state index is 11.9. The molecule has 0 aliphatic carbocycles. The van der Waals surface area contributed by atoms with Gasteiger partial charge in [0, 0.05) is 19.5 Å². The summed E-state index contributed by atoms with van der Waals surface area (Å²) in [6.45, 7) is 7.95. The molecule has 2 atom stereocenters. The number of carbonyl (C=O) groups is 2. The van der Waals surface area contributed by atoms with E-state index < -0.39 is 11.6 Å². The topological polar surface area (TPSA) is 57.6 Å². The van der Waals surface area contributed by atoms with E-state index in [1.54, 1.807) is 17.0 Å². The van der Waals surface area contributed by atoms with E-state index in [1.807, 2.05) is 22.4 Å². The second-order valence-corrected chi connectivity index (χ2v) is 6.36. The van der Waals surface area contributed by atoms with E-state index in [9.17, 15) is 9.59 Å². The van der Waals surface area contributed by atoms with Crippen LogP contribution in [0, 0.1) is 0 Å². The highest BCUT2D eigenvalue weighted by Gasteiger charge is 2.23. The fourth-order valence-corrected chi connectivity index (χ4v) is 3.08. The summed E-state index contributed by atoms with van der Waals surface area (Å²) < 4.78 is 0. The highest BCUT2D eigenvalue weighted by Crippen LogP contribution is 2.23. The van der Waals surface area contributed by atoms with Crippen molar-refractivity contribution in [1.82, 2.24) is 4.90 Å². The average Bonchev–Trinajstić information content (AvgIpc) is 2.28. The summed E-state index contributed by atoms with van der Waals surface area (Å²) in [5.41, 5.74) is -0.628. The fourth-order valence-electron chi connectivity index (χ4n) is 1.19. The van der Waals surface area contributed by atoms with Gasteiger partial charge in [-0.15, -0.1) is 21.6 Å². The number of hydrogen-bond acceptors (Lipinski definition) is 2. The standard InChI is InChI=1S/C10H15BINO3P/c1-3-5-13(6-4-2)9(14)7-8(10(15)16)17-11-12/h3-4,8,17H,1-2,5-7H2,(H,15,16). The average molecular weight is 366 g/mol. The lowest BCUT2D eigenvalue weighted by Crippen LogP contribution is -2.34. The maximum Gasteiger partial charge on any atom is 0.310 e. The van der Waals surface area contributed by atoms with Crippen LogP contribution in [0.3, 0.4) is 0 Å². The van der Waals surface area contributed by atoms with E-state index in [0.29, 0.717) is 13.1 Å². The summed E-state index contributed by atoms with van der Waals surface area (Å²) >= 11 is 2.00. The first-order valence-corrected chi connectivity index (χ1v) is 7.37. The summed E-state index contributed by atoms with van der Waals surface area (Å²) in [5.74, 6) is -1.11. The molecular weight excluding hydrogens is 351 g/mol. The predicted octanol–water partition coefficient (Wildman–Crippen LogP) is 1.68. The number of nitrogens with zero attached hydrogens (tertiary/aromatic N) is 1. The summed E-state index contributed by atoms with van der Waals surface area (Å²) in [4.78, 5) is 26.1. The number of hydrogen-bond donors (Lipinski definition) is 1. The second kappa shape index (κ2) is 9.65. The van der Waals surface area contributed by atoms with Gasteiger partial charge in [0.2, 0.25) is 10.8 Å². The van der Waals surface area contributed by atoms with Gasteiger partial charge in [0.1, 0.15) is 0 Å². The summed E-state index contributed by atoms with van der Waals surface area (Å²) in [7, 11) is 0.139. The first-order chi connectivity index (χ1) is 8.06. The van der Waals surface area contributed by atoms with Gasteiger partial charge in [0.25, 0.3) is 0 Å². The summed E-state index contributed by atoms with van der Waals surface area (Å²) in [5, 5.41) is 8.97. The van der Waals surface area contributed by atoms with E-state index in [1.165, 1.54) is 4.90 Å². The highest BCUT2D eigenvalue weighted by molar-refractivity contribution is 14.1. The zero-order chi connectivity index (χ0) is 13.3. The zero-order valence-electron chi connectivity index (χ0n) is 9.43. The van der Waals surface area contributed by atoms with Crippen LogP contribution < -0.4 is 0 Å². The lowest BCUT2D eigenvalue weighted by Gasteiger charge is -2.21. The van der Waals surface area contributed by atoms with Gasteiger partial charge in [-0.3, -0.25) is 9.59 Å². The molecule has 0 heterocycles. The Balaban J connectivity index is 4.48. The van der Waals surface area contributed by atoms with Gasteiger partial charge in [0.05, 0.1) is 5.66 Å². The van der Waals surface area contributed by atoms with Crippen molar-refractivity contribution < 1.29 is 14.7 Å². The van der Waals surface area contributed by atoms with Gasteiger partial charge in [-0.25, -0.2) is 0 Å². The molecule has 0 aliphatic rings. The molecule has 0 aromatic heterocycles. The molecule has 1 amide bonds. The van der Waals surface area contributed by atoms with Gasteiger partial charge >= 0.3 is 5.97 Å². The largest absolute Gasteiger partial charge is 0.481 e. The molecule has 93 valence electrons. The Morgan fingerprint density at radius 2 is 1.94 bits per heavy atom. The van der Waals surface area contributed by atoms with Crippen molar-refractivity contribution in [2.45, 2.75) is 12.1 Å². The third-order valence-electron chi connectivity index (χ3n) is 1.99. The minimum Gasteiger partial charge on any atom is -0.481 e. The first kappa shape index (κ1) is 16.6. The quantitative estimate of drug-likeness (QED) is 0.293. The molecule has 4 nitrogen and oxygen atoms in total. The number of carboxylic acids is 1. The summed E-state index contributed by atoms with van der Waals surface area (Å²) in [6.07, 6.45) is 3.25. The van der Waals surface area contributed by atoms with E-state index in [0.717, 1.165) is 0 Å². The molecule has 0 aliphatic heterocycles. The lowest BCUT2D eigenvalue weighted by molar-refractivity contribution is -0.140. The predicted molar refractivity (Wildman–Crippen MR) is 81.1 cm³/mol. The van der Waals surface area contributed by atoms with Crippen LogP contribution in [0.15, 0.2) is 25.3 Å². The molecule has 2 unspecified atom stereocenters. The van der Waals surface area contributed by atoms with Crippen LogP contribution in [0.4, 0.5) is 0 Å². The molecule has 0 aromatic rings. The van der Waals surface area contributed by atoms with Gasteiger partial charge < -0.3 is 10.0 Å². The Bertz CT molecular complexity index is 291. The van der Waals surface area contributed by atoms with E-state index in [2.05, 4.69) is 13.2 Å². The van der Waals surface area contributed by atoms with Crippen LogP contribution in [0.2, 0.25) is 0 Å². The number of halogens is 1. The number of carboxylic acid groups (broad SMARTS) is 1. The highest BCUT2D eigenvalue weighted by atomic mass is 127. The van der Waals surface area contributed by atoms with Crippen molar-refractivity contribution in [2.24, 2.45) is 0 Å². The second-order valence-electron chi connectivity index (χ2n) is 3.25. The van der Waals surface area contributed by atoms with Crippen LogP contribution in [-0.2, 0) is 9.59 Å². The molecule has 0 aromatic carbocycles. The van der Waals surface area contributed by atoms with Gasteiger partial charge in [-0.1, -0.05) is 12.2 Å². The molecule has 7 heteroatoms. The number of amides is 1. The molecule has 0 rings (SSSR count). The number of carbonyl (C=O) groups excluding carboxylic acids is 1. The van der Waals surface area contributed by atoms with Crippen LogP contribution in [0.5, 0.6) is 0 Å². The molecule has 0 spiro atoms. The third-order valence-corrected chi connectivity index (χ3v) is 4.05. The normalized spacial score (nSPS) is 12.1. The Hall–Kier alpha value is -0.355. The van der Waals surface area contributed by atoms with Crippen molar-refractivity contribution in [1.29, 1.82) is 0 Å². The fraction of sp³-hybridized carbons (Fsp3) is 0.400. The lowest BCUT2D eigenvalue weighted by atomic mass is 10.2. The number of rotatable bonds is 9. The van der Waals surface area contributed by atoms with Gasteiger partial charge in [-0.05, 0) is 0 Å². The third kappa shape index (κ3) is 6.83. The van der Waals surface area contributed by atoms with E-state index in [4.69, 9.17) is 5.11 Å². The Morgan fingerprint density at radius 3 is 2.29 bits per heavy atom. The molecule has 1 N–H and O–H groups in total. The monoisotopic (exact) mass is 366 g/mol. The molecule has 1 radical (unpaired) electrons. The van der Waals surface area contributed by atoms with E-state index >= 15 is 0 Å². The van der Waals surface area contributed by atoms with Crippen molar-refractivity contribution in [2.75, 3.05) is 13.1 Å². The molecule has 0 saturated heterocycles. The minimum absolute atomic E-state index is 0.0228. The van der Waals surface area contributed by atoms with Crippen LogP contribution in [0.1, 0.15) is 6.42 Å². The van der Waals surface area contributed by atoms with Crippen LogP contribution >= 0.6 is 30.8 Å². The van der Waals surface area contributed by atoms with Crippen molar-refractivity contribution in [3.05, 3.63) is 25.3 Å². The van der Waals surface area contributed by atoms with E-state index in [-0.39, 0.29) is 20.8 Å². The molecule has 17 heavy (non-hydrogen) atoms. The molecule has 0 fully saturated rings. The SMILES string of the molecule is C=CCN(CC=C)C(=O)CC(P[B]I)C(=O)O. The first-order valence-electron chi connectivity index (χ1n) is 4.97. The van der Waals surface area contributed by atoms with Crippen molar-refractivity contribution in [3.63, 3.8) is 0 Å². The van der Waals surface area contributed by atoms with Crippen LogP contribution in [-0.4, -0.2) is 45.5 Å². The zero-order valence-corrected chi connectivity index (χ0v) is 12.6. The van der Waals surface area contributed by atoms with Crippen molar-refractivity contribution >= 4 is 47.6 Å². The molecular formula is C10H15BINO3P. The van der Waals surface area contributed by atoms with Gasteiger partial charge in [-0.2, -0.15) is 22.4 Å². The summed E-state index contributed by atoms with van der Waals surface area (Å²) in [6, 6.07) is 0. The Kier molecular flexibility index (Phi) is 9.45. The van der Waals surface area contributed by atoms with Crippen LogP contribution in [0.25, 0.3) is 0 Å².